The summed E-state index contributed by atoms with van der Waals surface area (Å²) >= 11 is 0. The standard InChI is InChI=1S/C50H88O6/c1-4-7-10-13-16-19-22-24-25-26-29-31-34-37-40-43-49(52)55-46-47(45-54-48(51)42-39-36-33-30-27-21-18-15-12-9-6-3)56-50(53)44-41-38-35-32-28-23-20-17-14-11-8-5-2/h7,10,16-17,19-20,24-25,47H,4-6,8-9,11-15,18,21-23,26-46H2,1-3H3/b10-7-,19-16-,20-17-,25-24-/t47-/m1/s1. The molecule has 0 saturated carbocycles. The Morgan fingerprint density at radius 1 is 0.375 bits per heavy atom. The molecule has 0 aromatic rings. The maximum atomic E-state index is 12.7. The van der Waals surface area contributed by atoms with Gasteiger partial charge in [-0.15, -0.1) is 0 Å². The molecule has 0 fully saturated rings. The number of esters is 3. The Labute approximate surface area is 346 Å². The lowest BCUT2D eigenvalue weighted by Gasteiger charge is -2.18. The topological polar surface area (TPSA) is 78.9 Å². The Morgan fingerprint density at radius 3 is 1.14 bits per heavy atom. The van der Waals surface area contributed by atoms with Gasteiger partial charge in [0.05, 0.1) is 0 Å². The summed E-state index contributed by atoms with van der Waals surface area (Å²) in [4.78, 5) is 37.8. The number of hydrogen-bond donors (Lipinski definition) is 0. The summed E-state index contributed by atoms with van der Waals surface area (Å²) in [6.45, 7) is 6.47. The van der Waals surface area contributed by atoms with Crippen LogP contribution in [0.2, 0.25) is 0 Å². The second-order valence-electron chi connectivity index (χ2n) is 15.6. The first kappa shape index (κ1) is 53.4. The Hall–Kier alpha value is -2.63. The minimum absolute atomic E-state index is 0.0805. The third-order valence-electron chi connectivity index (χ3n) is 10.1. The van der Waals surface area contributed by atoms with Gasteiger partial charge in [-0.1, -0.05) is 185 Å². The van der Waals surface area contributed by atoms with Gasteiger partial charge in [0.2, 0.25) is 0 Å². The molecular weight excluding hydrogens is 697 g/mol. The van der Waals surface area contributed by atoms with E-state index in [1.54, 1.807) is 0 Å². The zero-order valence-corrected chi connectivity index (χ0v) is 36.9. The summed E-state index contributed by atoms with van der Waals surface area (Å²) in [7, 11) is 0. The van der Waals surface area contributed by atoms with E-state index in [1.807, 2.05) is 0 Å². The number of carbonyl (C=O) groups excluding carboxylic acids is 3. The van der Waals surface area contributed by atoms with Gasteiger partial charge in [-0.25, -0.2) is 0 Å². The average molecular weight is 785 g/mol. The minimum atomic E-state index is -0.779. The van der Waals surface area contributed by atoms with Crippen molar-refractivity contribution in [3.8, 4) is 0 Å². The van der Waals surface area contributed by atoms with Crippen LogP contribution in [0, 0.1) is 0 Å². The van der Waals surface area contributed by atoms with E-state index in [0.717, 1.165) is 109 Å². The number of carbonyl (C=O) groups is 3. The van der Waals surface area contributed by atoms with Crippen LogP contribution in [0.25, 0.3) is 0 Å². The maximum absolute atomic E-state index is 12.7. The molecule has 0 amide bonds. The first-order chi connectivity index (χ1) is 27.5. The Bertz CT molecular complexity index is 996. The van der Waals surface area contributed by atoms with E-state index in [0.29, 0.717) is 19.3 Å². The van der Waals surface area contributed by atoms with Crippen LogP contribution in [0.4, 0.5) is 0 Å². The molecular formula is C50H88O6. The van der Waals surface area contributed by atoms with Gasteiger partial charge in [-0.05, 0) is 77.0 Å². The van der Waals surface area contributed by atoms with Crippen molar-refractivity contribution in [2.24, 2.45) is 0 Å². The van der Waals surface area contributed by atoms with Crippen LogP contribution in [0.3, 0.4) is 0 Å². The van der Waals surface area contributed by atoms with Gasteiger partial charge in [0.15, 0.2) is 6.10 Å². The van der Waals surface area contributed by atoms with Crippen LogP contribution >= 0.6 is 0 Å². The smallest absolute Gasteiger partial charge is 0.306 e. The van der Waals surface area contributed by atoms with Gasteiger partial charge >= 0.3 is 17.9 Å². The van der Waals surface area contributed by atoms with Crippen molar-refractivity contribution in [3.05, 3.63) is 48.6 Å². The SMILES string of the molecule is CC/C=C\C/C=C\C/C=C\CCCCCCCC(=O)OC[C@@H](COC(=O)CCCCCCCCCCCCC)OC(=O)CCCCCCC/C=C\CCCCC. The summed E-state index contributed by atoms with van der Waals surface area (Å²) < 4.78 is 16.7. The fourth-order valence-electron chi connectivity index (χ4n) is 6.51. The molecule has 56 heavy (non-hydrogen) atoms. The fourth-order valence-corrected chi connectivity index (χ4v) is 6.51. The Morgan fingerprint density at radius 2 is 0.696 bits per heavy atom. The van der Waals surface area contributed by atoms with E-state index < -0.39 is 6.10 Å². The predicted octanol–water partition coefficient (Wildman–Crippen LogP) is 15.1. The van der Waals surface area contributed by atoms with Gasteiger partial charge in [0.1, 0.15) is 13.2 Å². The van der Waals surface area contributed by atoms with E-state index in [-0.39, 0.29) is 31.1 Å². The molecule has 0 heterocycles. The molecule has 0 aliphatic heterocycles. The van der Waals surface area contributed by atoms with Gasteiger partial charge < -0.3 is 14.2 Å². The summed E-state index contributed by atoms with van der Waals surface area (Å²) in [5.74, 6) is -0.907. The third-order valence-corrected chi connectivity index (χ3v) is 10.1. The van der Waals surface area contributed by atoms with Crippen molar-refractivity contribution in [2.45, 2.75) is 239 Å². The maximum Gasteiger partial charge on any atom is 0.306 e. The van der Waals surface area contributed by atoms with Crippen LogP contribution < -0.4 is 0 Å². The van der Waals surface area contributed by atoms with Crippen molar-refractivity contribution in [3.63, 3.8) is 0 Å². The van der Waals surface area contributed by atoms with Crippen molar-refractivity contribution >= 4 is 17.9 Å². The summed E-state index contributed by atoms with van der Waals surface area (Å²) in [6.07, 6.45) is 52.3. The van der Waals surface area contributed by atoms with Crippen LogP contribution in [0.1, 0.15) is 233 Å². The van der Waals surface area contributed by atoms with Gasteiger partial charge in [0.25, 0.3) is 0 Å². The molecule has 0 bridgehead atoms. The molecule has 0 aliphatic carbocycles. The van der Waals surface area contributed by atoms with Crippen LogP contribution in [0.15, 0.2) is 48.6 Å². The lowest BCUT2D eigenvalue weighted by atomic mass is 10.1. The van der Waals surface area contributed by atoms with E-state index in [4.69, 9.17) is 14.2 Å². The summed E-state index contributed by atoms with van der Waals surface area (Å²) in [5, 5.41) is 0. The predicted molar refractivity (Wildman–Crippen MR) is 238 cm³/mol. The number of rotatable bonds is 42. The Kier molecular flexibility index (Phi) is 43.0. The normalized spacial score (nSPS) is 12.4. The fraction of sp³-hybridized carbons (Fsp3) is 0.780. The van der Waals surface area contributed by atoms with Crippen molar-refractivity contribution in [1.29, 1.82) is 0 Å². The molecule has 0 aromatic carbocycles. The Balaban J connectivity index is 4.40. The number of unbranched alkanes of at least 4 members (excludes halogenated alkanes) is 23. The van der Waals surface area contributed by atoms with Crippen molar-refractivity contribution < 1.29 is 28.6 Å². The number of ether oxygens (including phenoxy) is 3. The highest BCUT2D eigenvalue weighted by molar-refractivity contribution is 5.71. The van der Waals surface area contributed by atoms with Crippen LogP contribution in [-0.4, -0.2) is 37.2 Å². The monoisotopic (exact) mass is 785 g/mol. The highest BCUT2D eigenvalue weighted by Gasteiger charge is 2.19. The first-order valence-electron chi connectivity index (χ1n) is 23.6. The van der Waals surface area contributed by atoms with Crippen LogP contribution in [0.5, 0.6) is 0 Å². The molecule has 0 spiro atoms. The molecule has 0 aliphatic rings. The molecule has 6 nitrogen and oxygen atoms in total. The van der Waals surface area contributed by atoms with E-state index in [1.165, 1.54) is 83.5 Å². The first-order valence-corrected chi connectivity index (χ1v) is 23.6. The third kappa shape index (κ3) is 42.5. The molecule has 0 rings (SSSR count). The molecule has 0 saturated heterocycles. The van der Waals surface area contributed by atoms with E-state index >= 15 is 0 Å². The van der Waals surface area contributed by atoms with Gasteiger partial charge in [-0.3, -0.25) is 14.4 Å². The quantitative estimate of drug-likeness (QED) is 0.0265. The molecule has 1 atom stereocenters. The van der Waals surface area contributed by atoms with Crippen molar-refractivity contribution in [2.75, 3.05) is 13.2 Å². The van der Waals surface area contributed by atoms with E-state index in [9.17, 15) is 14.4 Å². The van der Waals surface area contributed by atoms with E-state index in [2.05, 4.69) is 69.4 Å². The molecule has 6 heteroatoms. The van der Waals surface area contributed by atoms with Gasteiger partial charge in [0, 0.05) is 19.3 Å². The lowest BCUT2D eigenvalue weighted by Crippen LogP contribution is -2.30. The highest BCUT2D eigenvalue weighted by Crippen LogP contribution is 2.14. The lowest BCUT2D eigenvalue weighted by molar-refractivity contribution is -0.167. The molecule has 0 unspecified atom stereocenters. The zero-order valence-electron chi connectivity index (χ0n) is 36.9. The van der Waals surface area contributed by atoms with Crippen molar-refractivity contribution in [1.82, 2.24) is 0 Å². The molecule has 324 valence electrons. The molecule has 0 aromatic heterocycles. The number of hydrogen-bond acceptors (Lipinski definition) is 6. The highest BCUT2D eigenvalue weighted by atomic mass is 16.6. The zero-order chi connectivity index (χ0) is 40.8. The largest absolute Gasteiger partial charge is 0.462 e. The summed E-state index contributed by atoms with van der Waals surface area (Å²) in [6, 6.07) is 0. The minimum Gasteiger partial charge on any atom is -0.462 e. The van der Waals surface area contributed by atoms with Crippen LogP contribution in [-0.2, 0) is 28.6 Å². The summed E-state index contributed by atoms with van der Waals surface area (Å²) in [5.41, 5.74) is 0. The second kappa shape index (κ2) is 45.1. The number of allylic oxidation sites excluding steroid dienone is 8. The molecule has 0 radical (unpaired) electrons. The molecule has 0 N–H and O–H groups in total. The average Bonchev–Trinajstić information content (AvgIpc) is 3.19. The second-order valence-corrected chi connectivity index (χ2v) is 15.6. The van der Waals surface area contributed by atoms with Gasteiger partial charge in [-0.2, -0.15) is 0 Å².